The van der Waals surface area contributed by atoms with E-state index in [4.69, 9.17) is 4.42 Å². The number of para-hydroxylation sites is 1. The molecule has 114 valence electrons. The second-order valence-electron chi connectivity index (χ2n) is 4.48. The maximum absolute atomic E-state index is 12.4. The van der Waals surface area contributed by atoms with Gasteiger partial charge in [0, 0.05) is 18.6 Å². The number of carbonyl (C=O) groups excluding carboxylic acids is 1. The largest absolute Gasteiger partial charge is 0.447 e. The lowest BCUT2D eigenvalue weighted by Crippen LogP contribution is -2.25. The Bertz CT molecular complexity index is 799. The van der Waals surface area contributed by atoms with E-state index in [1.165, 1.54) is 23.2 Å². The zero-order chi connectivity index (χ0) is 15.7. The maximum atomic E-state index is 12.4. The summed E-state index contributed by atoms with van der Waals surface area (Å²) in [6.07, 6.45) is 3.03. The minimum Gasteiger partial charge on any atom is -0.447 e. The number of carbonyl (C=O) groups is 1. The van der Waals surface area contributed by atoms with Gasteiger partial charge in [-0.3, -0.25) is 9.89 Å². The Morgan fingerprint density at radius 3 is 2.95 bits per heavy atom. The minimum atomic E-state index is -2.97. The lowest BCUT2D eigenvalue weighted by atomic mass is 10.2. The van der Waals surface area contributed by atoms with Crippen molar-refractivity contribution in [3.63, 3.8) is 0 Å². The summed E-state index contributed by atoms with van der Waals surface area (Å²) in [6.45, 7) is -2.97. The predicted molar refractivity (Wildman–Crippen MR) is 74.2 cm³/mol. The summed E-state index contributed by atoms with van der Waals surface area (Å²) in [7, 11) is 1.55. The van der Waals surface area contributed by atoms with Crippen LogP contribution in [0.1, 0.15) is 10.6 Å². The lowest BCUT2D eigenvalue weighted by Gasteiger charge is -2.12. The monoisotopic (exact) mass is 307 g/mol. The molecule has 3 aromatic rings. The van der Waals surface area contributed by atoms with Crippen LogP contribution in [0.15, 0.2) is 41.1 Å². The van der Waals surface area contributed by atoms with E-state index in [1.54, 1.807) is 25.4 Å². The third-order valence-electron chi connectivity index (χ3n) is 3.11. The molecule has 0 aliphatic carbocycles. The van der Waals surface area contributed by atoms with Crippen LogP contribution in [0.5, 0.6) is 5.75 Å². The van der Waals surface area contributed by atoms with Gasteiger partial charge in [0.15, 0.2) is 17.1 Å². The molecule has 6 nitrogen and oxygen atoms in total. The normalized spacial score (nSPS) is 11.1. The molecule has 1 N–H and O–H groups in total. The fraction of sp³-hybridized carbons (Fsp3) is 0.143. The van der Waals surface area contributed by atoms with Crippen LogP contribution >= 0.6 is 0 Å². The summed E-state index contributed by atoms with van der Waals surface area (Å²) >= 11 is 0. The Hall–Kier alpha value is -2.90. The molecule has 2 aromatic heterocycles. The third kappa shape index (κ3) is 2.50. The van der Waals surface area contributed by atoms with Gasteiger partial charge in [-0.2, -0.15) is 13.9 Å². The number of furan rings is 1. The Kier molecular flexibility index (Phi) is 3.50. The van der Waals surface area contributed by atoms with Crippen molar-refractivity contribution in [1.29, 1.82) is 0 Å². The lowest BCUT2D eigenvalue weighted by molar-refractivity contribution is -0.0493. The van der Waals surface area contributed by atoms with E-state index < -0.39 is 12.5 Å². The SMILES string of the molecule is CN(C(=O)c1cc2cccc(OC(F)F)c2o1)c1cn[nH]c1. The first-order chi connectivity index (χ1) is 10.6. The van der Waals surface area contributed by atoms with Crippen LogP contribution in [0.4, 0.5) is 14.5 Å². The quantitative estimate of drug-likeness (QED) is 0.804. The highest BCUT2D eigenvalue weighted by atomic mass is 19.3. The fourth-order valence-electron chi connectivity index (χ4n) is 2.04. The molecule has 2 heterocycles. The van der Waals surface area contributed by atoms with E-state index in [2.05, 4.69) is 14.9 Å². The average Bonchev–Trinajstić information content (AvgIpc) is 3.14. The van der Waals surface area contributed by atoms with Gasteiger partial charge in [-0.15, -0.1) is 0 Å². The molecule has 0 aliphatic rings. The Morgan fingerprint density at radius 2 is 2.27 bits per heavy atom. The van der Waals surface area contributed by atoms with Gasteiger partial charge < -0.3 is 14.1 Å². The Labute approximate surface area is 123 Å². The number of rotatable bonds is 4. The van der Waals surface area contributed by atoms with Crippen molar-refractivity contribution in [3.05, 3.63) is 42.4 Å². The first-order valence-corrected chi connectivity index (χ1v) is 6.30. The number of alkyl halides is 2. The molecule has 0 fully saturated rings. The number of aromatic amines is 1. The van der Waals surface area contributed by atoms with Crippen LogP contribution in [0.2, 0.25) is 0 Å². The number of aromatic nitrogens is 2. The number of hydrogen-bond acceptors (Lipinski definition) is 4. The number of halogens is 2. The van der Waals surface area contributed by atoms with Crippen molar-refractivity contribution in [2.45, 2.75) is 6.61 Å². The van der Waals surface area contributed by atoms with Gasteiger partial charge in [0.2, 0.25) is 0 Å². The zero-order valence-corrected chi connectivity index (χ0v) is 11.4. The van der Waals surface area contributed by atoms with Crippen LogP contribution in [0.3, 0.4) is 0 Å². The van der Waals surface area contributed by atoms with Crippen molar-refractivity contribution in [1.82, 2.24) is 10.2 Å². The number of H-pyrrole nitrogens is 1. The van der Waals surface area contributed by atoms with E-state index in [0.29, 0.717) is 11.1 Å². The molecule has 0 saturated carbocycles. The molecule has 0 spiro atoms. The highest BCUT2D eigenvalue weighted by Gasteiger charge is 2.20. The smallest absolute Gasteiger partial charge is 0.387 e. The van der Waals surface area contributed by atoms with Gasteiger partial charge in [-0.1, -0.05) is 12.1 Å². The van der Waals surface area contributed by atoms with Gasteiger partial charge in [-0.05, 0) is 12.1 Å². The van der Waals surface area contributed by atoms with E-state index in [0.717, 1.165) is 0 Å². The second kappa shape index (κ2) is 5.47. The van der Waals surface area contributed by atoms with Crippen LogP contribution in [-0.2, 0) is 0 Å². The number of fused-ring (bicyclic) bond motifs is 1. The van der Waals surface area contributed by atoms with Crippen LogP contribution < -0.4 is 9.64 Å². The number of anilines is 1. The third-order valence-corrected chi connectivity index (χ3v) is 3.11. The molecular formula is C14H11F2N3O3. The summed E-state index contributed by atoms with van der Waals surface area (Å²) in [5.74, 6) is -0.526. The van der Waals surface area contributed by atoms with Crippen molar-refractivity contribution in [3.8, 4) is 5.75 Å². The Balaban J connectivity index is 1.96. The van der Waals surface area contributed by atoms with E-state index in [1.807, 2.05) is 0 Å². The second-order valence-corrected chi connectivity index (χ2v) is 4.48. The average molecular weight is 307 g/mol. The highest BCUT2D eigenvalue weighted by Crippen LogP contribution is 2.30. The number of nitrogens with zero attached hydrogens (tertiary/aromatic N) is 2. The van der Waals surface area contributed by atoms with Crippen LogP contribution in [-0.4, -0.2) is 29.8 Å². The fourth-order valence-corrected chi connectivity index (χ4v) is 2.04. The summed E-state index contributed by atoms with van der Waals surface area (Å²) in [5, 5.41) is 6.85. The molecule has 1 aromatic carbocycles. The molecule has 8 heteroatoms. The molecule has 22 heavy (non-hydrogen) atoms. The molecule has 3 rings (SSSR count). The van der Waals surface area contributed by atoms with E-state index in [-0.39, 0.29) is 17.1 Å². The summed E-state index contributed by atoms with van der Waals surface area (Å²) in [6, 6.07) is 6.02. The highest BCUT2D eigenvalue weighted by molar-refractivity contribution is 6.06. The van der Waals surface area contributed by atoms with Crippen molar-refractivity contribution < 1.29 is 22.7 Å². The molecular weight excluding hydrogens is 296 g/mol. The van der Waals surface area contributed by atoms with Crippen LogP contribution in [0.25, 0.3) is 11.0 Å². The van der Waals surface area contributed by atoms with Gasteiger partial charge in [0.1, 0.15) is 0 Å². The van der Waals surface area contributed by atoms with E-state index >= 15 is 0 Å². The maximum Gasteiger partial charge on any atom is 0.387 e. The van der Waals surface area contributed by atoms with Crippen molar-refractivity contribution in [2.24, 2.45) is 0 Å². The number of ether oxygens (including phenoxy) is 1. The Morgan fingerprint density at radius 1 is 1.45 bits per heavy atom. The van der Waals surface area contributed by atoms with Crippen LogP contribution in [0, 0.1) is 0 Å². The van der Waals surface area contributed by atoms with Crippen molar-refractivity contribution >= 4 is 22.6 Å². The first kappa shape index (κ1) is 14.1. The van der Waals surface area contributed by atoms with Gasteiger partial charge in [-0.25, -0.2) is 0 Å². The molecule has 0 saturated heterocycles. The molecule has 0 radical (unpaired) electrons. The summed E-state index contributed by atoms with van der Waals surface area (Å²) < 4.78 is 34.5. The molecule has 0 bridgehead atoms. The predicted octanol–water partition coefficient (Wildman–Crippen LogP) is 3.03. The van der Waals surface area contributed by atoms with Gasteiger partial charge >= 0.3 is 6.61 Å². The number of nitrogens with one attached hydrogen (secondary N) is 1. The molecule has 0 atom stereocenters. The number of amides is 1. The number of benzene rings is 1. The minimum absolute atomic E-state index is 0.0176. The van der Waals surface area contributed by atoms with Crippen molar-refractivity contribution in [2.75, 3.05) is 11.9 Å². The molecule has 0 unspecified atom stereocenters. The zero-order valence-electron chi connectivity index (χ0n) is 11.4. The first-order valence-electron chi connectivity index (χ1n) is 6.30. The molecule has 1 amide bonds. The topological polar surface area (TPSA) is 71.4 Å². The standard InChI is InChI=1S/C14H11F2N3O3/c1-19(9-6-17-18-7-9)13(20)11-5-8-3-2-4-10(12(8)21-11)22-14(15)16/h2-7,14H,1H3,(H,17,18). The molecule has 0 aliphatic heterocycles. The van der Waals surface area contributed by atoms with Gasteiger partial charge in [0.05, 0.1) is 11.9 Å². The van der Waals surface area contributed by atoms with E-state index in [9.17, 15) is 13.6 Å². The summed E-state index contributed by atoms with van der Waals surface area (Å²) in [5.41, 5.74) is 0.654. The van der Waals surface area contributed by atoms with Gasteiger partial charge in [0.25, 0.3) is 5.91 Å². The summed E-state index contributed by atoms with van der Waals surface area (Å²) in [4.78, 5) is 13.7. The number of hydrogen-bond donors (Lipinski definition) is 1.